The Morgan fingerprint density at radius 1 is 1.20 bits per heavy atom. The van der Waals surface area contributed by atoms with E-state index in [0.717, 1.165) is 38.5 Å². The van der Waals surface area contributed by atoms with Crippen LogP contribution in [0, 0.1) is 23.7 Å². The van der Waals surface area contributed by atoms with E-state index in [1.165, 1.54) is 17.7 Å². The highest BCUT2D eigenvalue weighted by atomic mass is 16.5. The second-order valence-corrected chi connectivity index (χ2v) is 9.20. The molecule has 168 valence electrons. The Morgan fingerprint density at radius 2 is 1.93 bits per heavy atom. The zero-order chi connectivity index (χ0) is 21.9. The van der Waals surface area contributed by atoms with Crippen molar-refractivity contribution in [3.05, 3.63) is 0 Å². The standard InChI is InChI=1S/C22H40B2N2O4/c1-4-6-7-8-16(3)19-13-20(27)26(22(19)29)14-17-9-11-18(12-10-17)21(28)23-24-25-15-30-5-2/h16-19,23-25H,4-15H2,1-3H3. The monoisotopic (exact) mass is 418 g/mol. The zero-order valence-corrected chi connectivity index (χ0v) is 19.3. The molecule has 0 aromatic carbocycles. The lowest BCUT2D eigenvalue weighted by atomic mass is 9.42. The van der Waals surface area contributed by atoms with Crippen molar-refractivity contribution in [1.82, 2.24) is 10.1 Å². The van der Waals surface area contributed by atoms with E-state index < -0.39 is 0 Å². The fourth-order valence-electron chi connectivity index (χ4n) is 4.85. The maximum absolute atomic E-state index is 12.9. The van der Waals surface area contributed by atoms with Crippen molar-refractivity contribution >= 4 is 32.0 Å². The Kier molecular flexibility index (Phi) is 11.1. The highest BCUT2D eigenvalue weighted by Crippen LogP contribution is 2.34. The first-order valence-electron chi connectivity index (χ1n) is 12.1. The number of rotatable bonds is 14. The van der Waals surface area contributed by atoms with Crippen LogP contribution in [0.2, 0.25) is 0 Å². The van der Waals surface area contributed by atoms with Crippen LogP contribution in [0.1, 0.15) is 78.6 Å². The van der Waals surface area contributed by atoms with Gasteiger partial charge in [-0.3, -0.25) is 14.5 Å². The second-order valence-electron chi connectivity index (χ2n) is 9.20. The highest BCUT2D eigenvalue weighted by Gasteiger charge is 2.42. The number of hydrogen-bond donors (Lipinski definition) is 1. The number of nitrogens with zero attached hydrogens (tertiary/aromatic N) is 1. The lowest BCUT2D eigenvalue weighted by Gasteiger charge is -2.30. The zero-order valence-electron chi connectivity index (χ0n) is 19.3. The quantitative estimate of drug-likeness (QED) is 0.203. The largest absolute Gasteiger partial charge is 0.368 e. The van der Waals surface area contributed by atoms with Crippen molar-refractivity contribution in [2.24, 2.45) is 23.7 Å². The minimum absolute atomic E-state index is 0.00548. The molecule has 6 nitrogen and oxygen atoms in total. The third-order valence-electron chi connectivity index (χ3n) is 6.93. The molecule has 1 aliphatic carbocycles. The molecule has 0 bridgehead atoms. The Morgan fingerprint density at radius 3 is 2.60 bits per heavy atom. The molecule has 2 atom stereocenters. The smallest absolute Gasteiger partial charge is 0.233 e. The van der Waals surface area contributed by atoms with Gasteiger partial charge in [-0.1, -0.05) is 33.1 Å². The third-order valence-corrected chi connectivity index (χ3v) is 6.93. The van der Waals surface area contributed by atoms with Crippen molar-refractivity contribution in [2.45, 2.75) is 78.6 Å². The van der Waals surface area contributed by atoms with Gasteiger partial charge in [0.05, 0.1) is 12.4 Å². The van der Waals surface area contributed by atoms with Crippen LogP contribution < -0.4 is 5.23 Å². The lowest BCUT2D eigenvalue weighted by molar-refractivity contribution is -0.141. The Labute approximate surface area is 183 Å². The summed E-state index contributed by atoms with van der Waals surface area (Å²) in [6.07, 6.45) is 8.51. The molecule has 0 aromatic rings. The molecule has 2 unspecified atom stereocenters. The fraction of sp³-hybridized carbons (Fsp3) is 0.864. The first kappa shape index (κ1) is 25.1. The maximum Gasteiger partial charge on any atom is 0.233 e. The van der Waals surface area contributed by atoms with Gasteiger partial charge in [0.25, 0.3) is 0 Å². The summed E-state index contributed by atoms with van der Waals surface area (Å²) >= 11 is 0. The molecule has 1 aliphatic heterocycles. The molecular formula is C22H40B2N2O4. The summed E-state index contributed by atoms with van der Waals surface area (Å²) in [7, 11) is 1.20. The van der Waals surface area contributed by atoms with Crippen molar-refractivity contribution in [2.75, 3.05) is 19.9 Å². The molecule has 1 saturated heterocycles. The second kappa shape index (κ2) is 13.3. The predicted molar refractivity (Wildman–Crippen MR) is 123 cm³/mol. The van der Waals surface area contributed by atoms with E-state index in [4.69, 9.17) is 4.74 Å². The number of ether oxygens (including phenoxy) is 1. The summed E-state index contributed by atoms with van der Waals surface area (Å²) in [5.74, 6) is 0.672. The summed E-state index contributed by atoms with van der Waals surface area (Å²) in [5.41, 5.74) is 0.326. The van der Waals surface area contributed by atoms with Gasteiger partial charge in [-0.25, -0.2) is 0 Å². The molecule has 1 heterocycles. The molecule has 30 heavy (non-hydrogen) atoms. The number of imide groups is 1. The maximum atomic E-state index is 12.9. The van der Waals surface area contributed by atoms with E-state index in [1.54, 1.807) is 0 Å². The van der Waals surface area contributed by atoms with Crippen molar-refractivity contribution < 1.29 is 19.1 Å². The topological polar surface area (TPSA) is 75.7 Å². The molecule has 0 spiro atoms. The first-order chi connectivity index (χ1) is 14.5. The van der Waals surface area contributed by atoms with Gasteiger partial charge in [0.2, 0.25) is 11.8 Å². The number of likely N-dealkylation sites (tertiary alicyclic amines) is 1. The van der Waals surface area contributed by atoms with Crippen LogP contribution in [0.4, 0.5) is 0 Å². The van der Waals surface area contributed by atoms with E-state index in [1.807, 2.05) is 6.92 Å². The van der Waals surface area contributed by atoms with Crippen molar-refractivity contribution in [3.63, 3.8) is 0 Å². The van der Waals surface area contributed by atoms with Crippen LogP contribution in [0.5, 0.6) is 0 Å². The van der Waals surface area contributed by atoms with Crippen LogP contribution >= 0.6 is 0 Å². The highest BCUT2D eigenvalue weighted by molar-refractivity contribution is 7.15. The van der Waals surface area contributed by atoms with Gasteiger partial charge in [-0.05, 0) is 50.9 Å². The van der Waals surface area contributed by atoms with Gasteiger partial charge >= 0.3 is 0 Å². The van der Waals surface area contributed by atoms with Gasteiger partial charge in [-0.2, -0.15) is 0 Å². The Bertz CT molecular complexity index is 567. The molecule has 8 heteroatoms. The summed E-state index contributed by atoms with van der Waals surface area (Å²) < 4.78 is 5.22. The number of nitrogens with one attached hydrogen (secondary N) is 1. The number of unbranched alkanes of at least 4 members (excludes halogenated alkanes) is 2. The Balaban J connectivity index is 1.72. The van der Waals surface area contributed by atoms with Crippen LogP contribution in [0.25, 0.3) is 0 Å². The molecule has 2 amide bonds. The summed E-state index contributed by atoms with van der Waals surface area (Å²) in [6, 6.07) is 0. The van der Waals surface area contributed by atoms with Crippen molar-refractivity contribution in [1.29, 1.82) is 0 Å². The molecule has 2 rings (SSSR count). The van der Waals surface area contributed by atoms with Crippen LogP contribution in [0.3, 0.4) is 0 Å². The van der Waals surface area contributed by atoms with Crippen LogP contribution in [-0.4, -0.2) is 56.8 Å². The summed E-state index contributed by atoms with van der Waals surface area (Å²) in [5, 5.41) is 3.13. The first-order valence-corrected chi connectivity index (χ1v) is 12.1. The number of carbonyl (C=O) groups is 3. The molecule has 0 radical (unpaired) electrons. The van der Waals surface area contributed by atoms with Crippen LogP contribution in [-0.2, 0) is 19.1 Å². The number of carbonyl (C=O) groups excluding carboxylic acids is 3. The lowest BCUT2D eigenvalue weighted by Crippen LogP contribution is -2.39. The van der Waals surface area contributed by atoms with Gasteiger partial charge in [0.15, 0.2) is 14.5 Å². The van der Waals surface area contributed by atoms with E-state index >= 15 is 0 Å². The predicted octanol–water partition coefficient (Wildman–Crippen LogP) is 2.20. The number of hydrogen-bond acceptors (Lipinski definition) is 5. The fourth-order valence-corrected chi connectivity index (χ4v) is 4.85. The molecule has 2 fully saturated rings. The summed E-state index contributed by atoms with van der Waals surface area (Å²) in [4.78, 5) is 39.3. The van der Waals surface area contributed by atoms with E-state index in [2.05, 4.69) is 19.1 Å². The van der Waals surface area contributed by atoms with Gasteiger partial charge in [0, 0.05) is 31.4 Å². The average molecular weight is 418 g/mol. The molecule has 2 aliphatic rings. The van der Waals surface area contributed by atoms with Crippen molar-refractivity contribution in [3.8, 4) is 0 Å². The average Bonchev–Trinajstić information content (AvgIpc) is 3.02. The Hall–Kier alpha value is -1.14. The van der Waals surface area contributed by atoms with Gasteiger partial charge in [0.1, 0.15) is 0 Å². The molecule has 1 saturated carbocycles. The molecule has 0 aromatic heterocycles. The van der Waals surface area contributed by atoms with E-state index in [-0.39, 0.29) is 29.6 Å². The van der Waals surface area contributed by atoms with Crippen LogP contribution in [0.15, 0.2) is 0 Å². The molecule has 1 N–H and O–H groups in total. The minimum atomic E-state index is -0.128. The number of amides is 2. The van der Waals surface area contributed by atoms with E-state index in [0.29, 0.717) is 52.4 Å². The molecular weight excluding hydrogens is 378 g/mol. The summed E-state index contributed by atoms with van der Waals surface area (Å²) in [6.45, 7) is 7.96. The minimum Gasteiger partial charge on any atom is -0.368 e. The normalized spacial score (nSPS) is 25.4. The van der Waals surface area contributed by atoms with Gasteiger partial charge < -0.3 is 14.8 Å². The van der Waals surface area contributed by atoms with E-state index in [9.17, 15) is 14.4 Å². The SMILES string of the molecule is CCCCCC(C)C1CC(=O)N(CC2CCC(C(=O)BBNCOCC)CC2)C1=O. The van der Waals surface area contributed by atoms with Gasteiger partial charge in [-0.15, -0.1) is 0 Å². The third kappa shape index (κ3) is 7.52.